The predicted molar refractivity (Wildman–Crippen MR) is 134 cm³/mol. The van der Waals surface area contributed by atoms with Crippen LogP contribution in [0.5, 0.6) is 0 Å². The highest BCUT2D eigenvalue weighted by Gasteiger charge is 2.78. The van der Waals surface area contributed by atoms with Gasteiger partial charge in [-0.25, -0.2) is 8.78 Å². The van der Waals surface area contributed by atoms with E-state index in [1.54, 1.807) is 27.7 Å². The highest BCUT2D eigenvalue weighted by Crippen LogP contribution is 2.72. The molecule has 0 radical (unpaired) electrons. The first-order chi connectivity index (χ1) is 17.8. The number of aliphatic hydroxyl groups is 1. The summed E-state index contributed by atoms with van der Waals surface area (Å²) in [6, 6.07) is 0. The summed E-state index contributed by atoms with van der Waals surface area (Å²) in [5, 5.41) is 10.4. The Labute approximate surface area is 225 Å². The molecule has 1 heterocycles. The van der Waals surface area contributed by atoms with Gasteiger partial charge in [0.05, 0.1) is 12.7 Å². The zero-order valence-electron chi connectivity index (χ0n) is 22.3. The molecule has 10 atom stereocenters. The second-order valence-electron chi connectivity index (χ2n) is 12.3. The van der Waals surface area contributed by atoms with Crippen molar-refractivity contribution >= 4 is 34.6 Å². The van der Waals surface area contributed by atoms with E-state index in [-0.39, 0.29) is 50.1 Å². The summed E-state index contributed by atoms with van der Waals surface area (Å²) in [7, 11) is 0. The van der Waals surface area contributed by atoms with Crippen molar-refractivity contribution in [3.05, 3.63) is 11.6 Å². The van der Waals surface area contributed by atoms with Crippen LogP contribution in [0.15, 0.2) is 11.6 Å². The third kappa shape index (κ3) is 3.47. The molecule has 0 spiro atoms. The number of aliphatic hydroxyl groups excluding tert-OH is 1. The minimum Gasteiger partial charge on any atom is -0.465 e. The maximum Gasteiger partial charge on any atom is 0.319 e. The van der Waals surface area contributed by atoms with Gasteiger partial charge in [0.1, 0.15) is 17.1 Å². The van der Waals surface area contributed by atoms with E-state index in [4.69, 9.17) is 9.47 Å². The minimum atomic E-state index is -2.22. The Morgan fingerprint density at radius 3 is 2.58 bits per heavy atom. The van der Waals surface area contributed by atoms with E-state index in [1.807, 2.05) is 0 Å². The Hall–Kier alpha value is -1.81. The van der Waals surface area contributed by atoms with Crippen molar-refractivity contribution in [3.8, 4) is 0 Å². The molecule has 4 aliphatic carbocycles. The molecule has 7 nitrogen and oxygen atoms in total. The number of cyclic esters (lactones) is 1. The van der Waals surface area contributed by atoms with Crippen molar-refractivity contribution in [2.24, 2.45) is 28.6 Å². The van der Waals surface area contributed by atoms with Crippen molar-refractivity contribution in [2.45, 2.75) is 101 Å². The number of hydrogen-bond acceptors (Lipinski definition) is 8. The number of rotatable bonds is 4. The molecule has 0 aromatic rings. The van der Waals surface area contributed by atoms with E-state index >= 15 is 8.78 Å². The molecule has 2 unspecified atom stereocenters. The fourth-order valence-electron chi connectivity index (χ4n) is 8.63. The molecule has 0 aromatic carbocycles. The number of ketones is 1. The largest absolute Gasteiger partial charge is 0.465 e. The van der Waals surface area contributed by atoms with Gasteiger partial charge in [0.2, 0.25) is 5.12 Å². The first-order valence-electron chi connectivity index (χ1n) is 13.6. The summed E-state index contributed by atoms with van der Waals surface area (Å²) >= 11 is 0.783. The van der Waals surface area contributed by atoms with Gasteiger partial charge in [-0.1, -0.05) is 39.5 Å². The Bertz CT molecular complexity index is 1110. The summed E-state index contributed by atoms with van der Waals surface area (Å²) in [6.45, 7) is 6.92. The number of halogens is 2. The summed E-state index contributed by atoms with van der Waals surface area (Å²) in [5.74, 6) is -3.46. The summed E-state index contributed by atoms with van der Waals surface area (Å²) in [6.07, 6.45) is -1.53. The van der Waals surface area contributed by atoms with Gasteiger partial charge in [-0.2, -0.15) is 0 Å². The Balaban J connectivity index is 1.61. The standard InChI is InChI=1S/C28H36F2O7S/c1-5-22(33)37-28(24(35)38-20-7-9-36-23(20)34)14(2)10-16-17-12-19(29)18-11-15(31)6-8-25(18,3)27(17,30)21(32)13-26(16,28)4/h11,14,16-17,19-21,32H,5-10,12-13H2,1-4H3/t14?,16-,17-,19-,20?,21-,25-,26-,27-,28-/m0/s1. The van der Waals surface area contributed by atoms with Gasteiger partial charge in [0.15, 0.2) is 11.4 Å². The van der Waals surface area contributed by atoms with Crippen molar-refractivity contribution in [1.82, 2.24) is 0 Å². The fraction of sp³-hybridized carbons (Fsp3) is 0.786. The van der Waals surface area contributed by atoms with E-state index in [2.05, 4.69) is 0 Å². The summed E-state index contributed by atoms with van der Waals surface area (Å²) < 4.78 is 44.3. The second-order valence-corrected chi connectivity index (χ2v) is 13.4. The van der Waals surface area contributed by atoms with Crippen molar-refractivity contribution in [2.75, 3.05) is 6.61 Å². The van der Waals surface area contributed by atoms with E-state index in [0.29, 0.717) is 12.8 Å². The number of allylic oxidation sites excluding steroid dienone is 1. The number of thioether (sulfide) groups is 1. The van der Waals surface area contributed by atoms with Crippen LogP contribution >= 0.6 is 11.8 Å². The summed E-state index contributed by atoms with van der Waals surface area (Å²) in [5.41, 5.74) is -6.42. The van der Waals surface area contributed by atoms with Crippen molar-refractivity contribution in [3.63, 3.8) is 0 Å². The predicted octanol–water partition coefficient (Wildman–Crippen LogP) is 4.04. The Morgan fingerprint density at radius 2 is 1.95 bits per heavy atom. The zero-order chi connectivity index (χ0) is 27.8. The third-order valence-corrected chi connectivity index (χ3v) is 11.8. The van der Waals surface area contributed by atoms with Crippen LogP contribution < -0.4 is 0 Å². The van der Waals surface area contributed by atoms with Gasteiger partial charge in [0.25, 0.3) is 0 Å². The maximum absolute atomic E-state index is 17.5. The molecular weight excluding hydrogens is 518 g/mol. The highest BCUT2D eigenvalue weighted by atomic mass is 32.2. The van der Waals surface area contributed by atoms with Crippen LogP contribution in [0.25, 0.3) is 0 Å². The molecule has 0 aromatic heterocycles. The van der Waals surface area contributed by atoms with Gasteiger partial charge in [-0.15, -0.1) is 0 Å². The lowest BCUT2D eigenvalue weighted by atomic mass is 9.43. The van der Waals surface area contributed by atoms with E-state index in [9.17, 15) is 24.3 Å². The lowest BCUT2D eigenvalue weighted by Crippen LogP contribution is -2.71. The molecule has 1 N–H and O–H groups in total. The molecule has 210 valence electrons. The zero-order valence-corrected chi connectivity index (χ0v) is 23.1. The summed E-state index contributed by atoms with van der Waals surface area (Å²) in [4.78, 5) is 51.2. The van der Waals surface area contributed by atoms with Crippen LogP contribution in [0.4, 0.5) is 8.78 Å². The average molecular weight is 555 g/mol. The van der Waals surface area contributed by atoms with Gasteiger partial charge in [-0.3, -0.25) is 19.2 Å². The van der Waals surface area contributed by atoms with Gasteiger partial charge in [0, 0.05) is 41.9 Å². The molecule has 0 bridgehead atoms. The number of ether oxygens (including phenoxy) is 2. The topological polar surface area (TPSA) is 107 Å². The van der Waals surface area contributed by atoms with Gasteiger partial charge < -0.3 is 14.6 Å². The van der Waals surface area contributed by atoms with Gasteiger partial charge >= 0.3 is 11.9 Å². The molecular formula is C28H36F2O7S. The SMILES string of the molecule is CCC(=O)O[C@]1(C(=O)SC2CCOC2=O)C(C)C[C@H]2[C@@H]3C[C@H](F)C4=CC(=O)CC[C@]4(C)[C@@]3(F)[C@@H](O)C[C@@]21C. The molecule has 0 amide bonds. The van der Waals surface area contributed by atoms with Crippen LogP contribution in [-0.4, -0.2) is 63.3 Å². The smallest absolute Gasteiger partial charge is 0.319 e. The number of alkyl halides is 2. The van der Waals surface area contributed by atoms with Crippen LogP contribution in [0, 0.1) is 28.6 Å². The van der Waals surface area contributed by atoms with Crippen LogP contribution in [0.3, 0.4) is 0 Å². The van der Waals surface area contributed by atoms with Crippen LogP contribution in [0.2, 0.25) is 0 Å². The van der Waals surface area contributed by atoms with Gasteiger partial charge in [-0.05, 0) is 43.3 Å². The average Bonchev–Trinajstić information content (AvgIpc) is 3.35. The first kappa shape index (κ1) is 27.7. The molecule has 1 aliphatic heterocycles. The molecule has 10 heteroatoms. The number of esters is 2. The minimum absolute atomic E-state index is 0.00444. The van der Waals surface area contributed by atoms with E-state index in [1.165, 1.54) is 6.08 Å². The van der Waals surface area contributed by atoms with E-state index in [0.717, 1.165) is 11.8 Å². The molecule has 5 aliphatic rings. The maximum atomic E-state index is 17.5. The van der Waals surface area contributed by atoms with E-state index < -0.39 is 74.4 Å². The third-order valence-electron chi connectivity index (χ3n) is 10.6. The number of hydrogen-bond donors (Lipinski definition) is 1. The first-order valence-corrected chi connectivity index (χ1v) is 14.5. The number of carbonyl (C=O) groups is 4. The second kappa shape index (κ2) is 9.11. The highest BCUT2D eigenvalue weighted by molar-refractivity contribution is 8.14. The fourth-order valence-corrected chi connectivity index (χ4v) is 9.91. The van der Waals surface area contributed by atoms with Crippen molar-refractivity contribution in [1.29, 1.82) is 0 Å². The molecule has 4 fully saturated rings. The molecule has 3 saturated carbocycles. The lowest BCUT2D eigenvalue weighted by Gasteiger charge is -2.64. The monoisotopic (exact) mass is 554 g/mol. The number of carbonyl (C=O) groups excluding carboxylic acids is 4. The quantitative estimate of drug-likeness (QED) is 0.519. The molecule has 5 rings (SSSR count). The normalized spacial score (nSPS) is 47.9. The molecule has 1 saturated heterocycles. The Kier molecular flexibility index (Phi) is 6.65. The molecule has 38 heavy (non-hydrogen) atoms. The van der Waals surface area contributed by atoms with Crippen LogP contribution in [-0.2, 0) is 28.7 Å². The van der Waals surface area contributed by atoms with Crippen molar-refractivity contribution < 1.29 is 42.5 Å². The Morgan fingerprint density at radius 1 is 1.24 bits per heavy atom. The lowest BCUT2D eigenvalue weighted by molar-refractivity contribution is -0.236. The number of fused-ring (bicyclic) bond motifs is 5. The van der Waals surface area contributed by atoms with Crippen LogP contribution in [0.1, 0.15) is 72.6 Å².